The number of nitrogens with zero attached hydrogens (tertiary/aromatic N) is 4. The standard InChI is InChI=1S/C13H17ClFN5/c1-9(2)6-16-7-13-17-18-19-20(13)8-10-3-4-12(15)11(14)5-10/h3-5,9,16H,6-8H2,1-2H3. The number of rotatable bonds is 6. The van der Waals surface area contributed by atoms with E-state index in [9.17, 15) is 4.39 Å². The molecule has 7 heteroatoms. The molecule has 1 aromatic heterocycles. The summed E-state index contributed by atoms with van der Waals surface area (Å²) in [6, 6.07) is 4.61. The summed E-state index contributed by atoms with van der Waals surface area (Å²) in [4.78, 5) is 0. The Bertz CT molecular complexity index is 570. The van der Waals surface area contributed by atoms with Gasteiger partial charge in [-0.1, -0.05) is 31.5 Å². The molecule has 0 amide bonds. The zero-order valence-electron chi connectivity index (χ0n) is 11.5. The minimum atomic E-state index is -0.425. The van der Waals surface area contributed by atoms with Crippen molar-refractivity contribution in [3.8, 4) is 0 Å². The van der Waals surface area contributed by atoms with Gasteiger partial charge >= 0.3 is 0 Å². The van der Waals surface area contributed by atoms with Crippen LogP contribution in [-0.2, 0) is 13.1 Å². The molecule has 0 aliphatic rings. The minimum absolute atomic E-state index is 0.107. The number of benzene rings is 1. The highest BCUT2D eigenvalue weighted by Gasteiger charge is 2.08. The lowest BCUT2D eigenvalue weighted by atomic mass is 10.2. The van der Waals surface area contributed by atoms with Crippen LogP contribution in [0.1, 0.15) is 25.2 Å². The fraction of sp³-hybridized carbons (Fsp3) is 0.462. The van der Waals surface area contributed by atoms with Crippen LogP contribution >= 0.6 is 11.6 Å². The molecule has 0 aliphatic carbocycles. The molecule has 0 saturated carbocycles. The van der Waals surface area contributed by atoms with Crippen molar-refractivity contribution in [2.45, 2.75) is 26.9 Å². The van der Waals surface area contributed by atoms with Gasteiger partial charge in [-0.2, -0.15) is 0 Å². The van der Waals surface area contributed by atoms with Crippen molar-refractivity contribution in [2.75, 3.05) is 6.54 Å². The largest absolute Gasteiger partial charge is 0.310 e. The predicted octanol–water partition coefficient (Wildman–Crippen LogP) is 2.26. The Morgan fingerprint density at radius 1 is 1.40 bits per heavy atom. The third-order valence-corrected chi connectivity index (χ3v) is 3.05. The van der Waals surface area contributed by atoms with Crippen molar-refractivity contribution in [2.24, 2.45) is 5.92 Å². The summed E-state index contributed by atoms with van der Waals surface area (Å²) < 4.78 is 14.8. The van der Waals surface area contributed by atoms with Gasteiger partial charge in [-0.15, -0.1) is 5.10 Å². The van der Waals surface area contributed by atoms with Crippen LogP contribution in [0.25, 0.3) is 0 Å². The number of hydrogen-bond acceptors (Lipinski definition) is 4. The summed E-state index contributed by atoms with van der Waals surface area (Å²) in [5, 5.41) is 15.0. The van der Waals surface area contributed by atoms with Gasteiger partial charge < -0.3 is 5.32 Å². The summed E-state index contributed by atoms with van der Waals surface area (Å²) >= 11 is 5.76. The second-order valence-electron chi connectivity index (χ2n) is 5.03. The second-order valence-corrected chi connectivity index (χ2v) is 5.43. The molecule has 1 heterocycles. The molecular weight excluding hydrogens is 281 g/mol. The average Bonchev–Trinajstić information content (AvgIpc) is 2.81. The van der Waals surface area contributed by atoms with Crippen LogP contribution in [0.5, 0.6) is 0 Å². The van der Waals surface area contributed by atoms with E-state index in [0.29, 0.717) is 19.0 Å². The Kier molecular flexibility index (Phi) is 5.03. The molecule has 0 atom stereocenters. The van der Waals surface area contributed by atoms with Gasteiger partial charge in [0, 0.05) is 0 Å². The molecule has 1 aromatic carbocycles. The molecule has 2 rings (SSSR count). The molecular formula is C13H17ClFN5. The molecule has 108 valence electrons. The van der Waals surface area contributed by atoms with Gasteiger partial charge in [-0.05, 0) is 40.6 Å². The van der Waals surface area contributed by atoms with Crippen LogP contribution in [0.3, 0.4) is 0 Å². The molecule has 0 spiro atoms. The number of aromatic nitrogens is 4. The highest BCUT2D eigenvalue weighted by Crippen LogP contribution is 2.16. The van der Waals surface area contributed by atoms with E-state index in [1.807, 2.05) is 0 Å². The molecule has 5 nitrogen and oxygen atoms in total. The van der Waals surface area contributed by atoms with Gasteiger partial charge in [0.1, 0.15) is 5.82 Å². The zero-order chi connectivity index (χ0) is 14.5. The Morgan fingerprint density at radius 3 is 2.90 bits per heavy atom. The van der Waals surface area contributed by atoms with E-state index < -0.39 is 5.82 Å². The van der Waals surface area contributed by atoms with Crippen molar-refractivity contribution in [3.05, 3.63) is 40.4 Å². The number of tetrazole rings is 1. The fourth-order valence-electron chi connectivity index (χ4n) is 1.76. The van der Waals surface area contributed by atoms with Crippen LogP contribution in [0.15, 0.2) is 18.2 Å². The van der Waals surface area contributed by atoms with Crippen molar-refractivity contribution >= 4 is 11.6 Å². The molecule has 0 radical (unpaired) electrons. The Hall–Kier alpha value is -1.53. The van der Waals surface area contributed by atoms with Gasteiger partial charge in [-0.25, -0.2) is 9.07 Å². The highest BCUT2D eigenvalue weighted by molar-refractivity contribution is 6.30. The number of halogens is 2. The molecule has 0 bridgehead atoms. The molecule has 2 aromatic rings. The van der Waals surface area contributed by atoms with E-state index in [2.05, 4.69) is 34.7 Å². The van der Waals surface area contributed by atoms with E-state index in [0.717, 1.165) is 17.9 Å². The van der Waals surface area contributed by atoms with Gasteiger partial charge in [-0.3, -0.25) is 0 Å². The van der Waals surface area contributed by atoms with E-state index in [-0.39, 0.29) is 5.02 Å². The lowest BCUT2D eigenvalue weighted by Gasteiger charge is -2.08. The molecule has 0 unspecified atom stereocenters. The second kappa shape index (κ2) is 6.76. The maximum absolute atomic E-state index is 13.1. The summed E-state index contributed by atoms with van der Waals surface area (Å²) in [6.45, 7) is 6.23. The van der Waals surface area contributed by atoms with Crippen molar-refractivity contribution < 1.29 is 4.39 Å². The van der Waals surface area contributed by atoms with E-state index in [1.165, 1.54) is 6.07 Å². The highest BCUT2D eigenvalue weighted by atomic mass is 35.5. The van der Waals surface area contributed by atoms with E-state index >= 15 is 0 Å². The van der Waals surface area contributed by atoms with Gasteiger partial charge in [0.05, 0.1) is 18.1 Å². The monoisotopic (exact) mass is 297 g/mol. The minimum Gasteiger partial charge on any atom is -0.310 e. The number of hydrogen-bond donors (Lipinski definition) is 1. The predicted molar refractivity (Wildman–Crippen MR) is 74.9 cm³/mol. The maximum atomic E-state index is 13.1. The van der Waals surface area contributed by atoms with Crippen LogP contribution in [0, 0.1) is 11.7 Å². The third-order valence-electron chi connectivity index (χ3n) is 2.76. The molecule has 20 heavy (non-hydrogen) atoms. The normalized spacial score (nSPS) is 11.2. The lowest BCUT2D eigenvalue weighted by Crippen LogP contribution is -2.22. The van der Waals surface area contributed by atoms with Gasteiger partial charge in [0.15, 0.2) is 5.82 Å². The summed E-state index contributed by atoms with van der Waals surface area (Å²) in [5.41, 5.74) is 0.855. The lowest BCUT2D eigenvalue weighted by molar-refractivity contribution is 0.523. The van der Waals surface area contributed by atoms with Crippen LogP contribution < -0.4 is 5.32 Å². The molecule has 0 aliphatic heterocycles. The molecule has 1 N–H and O–H groups in total. The van der Waals surface area contributed by atoms with Crippen molar-refractivity contribution in [1.29, 1.82) is 0 Å². The van der Waals surface area contributed by atoms with Gasteiger partial charge in [0.2, 0.25) is 0 Å². The quantitative estimate of drug-likeness (QED) is 0.888. The fourth-order valence-corrected chi connectivity index (χ4v) is 1.96. The number of nitrogens with one attached hydrogen (secondary N) is 1. The average molecular weight is 298 g/mol. The topological polar surface area (TPSA) is 55.6 Å². The zero-order valence-corrected chi connectivity index (χ0v) is 12.2. The maximum Gasteiger partial charge on any atom is 0.165 e. The van der Waals surface area contributed by atoms with Crippen LogP contribution in [0.4, 0.5) is 4.39 Å². The summed E-state index contributed by atoms with van der Waals surface area (Å²) in [6.07, 6.45) is 0. The molecule has 0 saturated heterocycles. The smallest absolute Gasteiger partial charge is 0.165 e. The van der Waals surface area contributed by atoms with E-state index in [1.54, 1.807) is 16.8 Å². The SMILES string of the molecule is CC(C)CNCc1nnnn1Cc1ccc(F)c(Cl)c1. The Labute approximate surface area is 122 Å². The van der Waals surface area contributed by atoms with Crippen molar-refractivity contribution in [1.82, 2.24) is 25.5 Å². The Balaban J connectivity index is 2.02. The summed E-state index contributed by atoms with van der Waals surface area (Å²) in [5.74, 6) is 0.882. The first-order chi connectivity index (χ1) is 9.56. The van der Waals surface area contributed by atoms with Crippen LogP contribution in [-0.4, -0.2) is 26.8 Å². The third kappa shape index (κ3) is 3.98. The first-order valence-electron chi connectivity index (χ1n) is 6.46. The Morgan fingerprint density at radius 2 is 2.20 bits per heavy atom. The van der Waals surface area contributed by atoms with Gasteiger partial charge in [0.25, 0.3) is 0 Å². The van der Waals surface area contributed by atoms with Crippen LogP contribution in [0.2, 0.25) is 5.02 Å². The summed E-state index contributed by atoms with van der Waals surface area (Å²) in [7, 11) is 0. The first kappa shape index (κ1) is 14.9. The van der Waals surface area contributed by atoms with Crippen molar-refractivity contribution in [3.63, 3.8) is 0 Å². The van der Waals surface area contributed by atoms with E-state index in [4.69, 9.17) is 11.6 Å². The molecule has 0 fully saturated rings. The first-order valence-corrected chi connectivity index (χ1v) is 6.83.